The Balaban J connectivity index is 1.22. The van der Waals surface area contributed by atoms with Crippen molar-refractivity contribution in [2.45, 2.75) is 76.2 Å². The van der Waals surface area contributed by atoms with Crippen molar-refractivity contribution in [3.63, 3.8) is 0 Å². The molecule has 1 N–H and O–H groups in total. The van der Waals surface area contributed by atoms with Gasteiger partial charge in [-0.05, 0) is 55.7 Å². The first-order valence-electron chi connectivity index (χ1n) is 12.7. The van der Waals surface area contributed by atoms with Gasteiger partial charge in [0.15, 0.2) is 0 Å². The minimum atomic E-state index is -0.784. The van der Waals surface area contributed by atoms with Crippen LogP contribution in [0.1, 0.15) is 75.0 Å². The van der Waals surface area contributed by atoms with E-state index in [9.17, 15) is 14.7 Å². The Bertz CT molecular complexity index is 1130. The third kappa shape index (κ3) is 5.41. The first-order valence-corrected chi connectivity index (χ1v) is 13.9. The van der Waals surface area contributed by atoms with Crippen molar-refractivity contribution >= 4 is 40.2 Å². The fourth-order valence-corrected chi connectivity index (χ4v) is 7.02. The lowest BCUT2D eigenvalue weighted by Crippen LogP contribution is -2.42. The smallest absolute Gasteiger partial charge is 0.306 e. The highest BCUT2D eigenvalue weighted by Crippen LogP contribution is 2.38. The topological polar surface area (TPSA) is 70.8 Å². The molecule has 2 saturated carbocycles. The van der Waals surface area contributed by atoms with E-state index >= 15 is 0 Å². The predicted molar refractivity (Wildman–Crippen MR) is 142 cm³/mol. The zero-order valence-corrected chi connectivity index (χ0v) is 21.4. The minimum Gasteiger partial charge on any atom is -0.481 e. The summed E-state index contributed by atoms with van der Waals surface area (Å²) < 4.78 is 6.61. The van der Waals surface area contributed by atoms with E-state index in [0.717, 1.165) is 29.9 Å². The minimum absolute atomic E-state index is 0.110. The molecule has 1 amide bonds. The van der Waals surface area contributed by atoms with Crippen molar-refractivity contribution in [1.29, 1.82) is 0 Å². The van der Waals surface area contributed by atoms with Gasteiger partial charge in [-0.25, -0.2) is 0 Å². The summed E-state index contributed by atoms with van der Waals surface area (Å²) in [6.07, 6.45) is 11.7. The number of thiocarbonyl (C=S) groups is 1. The van der Waals surface area contributed by atoms with Crippen LogP contribution in [-0.2, 0) is 16.0 Å². The summed E-state index contributed by atoms with van der Waals surface area (Å²) in [4.78, 5) is 26.7. The number of aliphatic carboxylic acids is 1. The number of thioether (sulfide) groups is 1. The molecule has 0 radical (unpaired) electrons. The van der Waals surface area contributed by atoms with Crippen LogP contribution in [0.3, 0.4) is 0 Å². The maximum Gasteiger partial charge on any atom is 0.306 e. The van der Waals surface area contributed by atoms with E-state index in [4.69, 9.17) is 16.6 Å². The van der Waals surface area contributed by atoms with Crippen LogP contribution in [0.2, 0.25) is 0 Å². The molecule has 3 fully saturated rings. The van der Waals surface area contributed by atoms with Gasteiger partial charge < -0.3 is 9.52 Å². The molecule has 5 rings (SSSR count). The largest absolute Gasteiger partial charge is 0.481 e. The summed E-state index contributed by atoms with van der Waals surface area (Å²) in [5, 5.41) is 9.39. The van der Waals surface area contributed by atoms with Gasteiger partial charge in [0.05, 0.1) is 10.8 Å². The highest BCUT2D eigenvalue weighted by atomic mass is 32.2. The summed E-state index contributed by atoms with van der Waals surface area (Å²) in [5.41, 5.74) is 2.49. The number of carboxylic acids is 1. The van der Waals surface area contributed by atoms with E-state index in [0.29, 0.717) is 34.4 Å². The number of carbonyl (C=O) groups excluding carboxylic acids is 1. The lowest BCUT2D eigenvalue weighted by atomic mass is 9.84. The van der Waals surface area contributed by atoms with Gasteiger partial charge in [-0.2, -0.15) is 0 Å². The van der Waals surface area contributed by atoms with Crippen molar-refractivity contribution in [1.82, 2.24) is 4.90 Å². The Morgan fingerprint density at radius 1 is 1.06 bits per heavy atom. The molecule has 0 spiro atoms. The molecule has 1 aliphatic heterocycles. The van der Waals surface area contributed by atoms with E-state index in [1.165, 1.54) is 49.4 Å². The average molecular weight is 510 g/mol. The molecule has 7 heteroatoms. The van der Waals surface area contributed by atoms with E-state index < -0.39 is 11.9 Å². The average Bonchev–Trinajstić information content (AvgIpc) is 3.47. The highest BCUT2D eigenvalue weighted by molar-refractivity contribution is 8.26. The Hall–Kier alpha value is -2.38. The number of rotatable bonds is 6. The Morgan fingerprint density at radius 3 is 2.57 bits per heavy atom. The summed E-state index contributed by atoms with van der Waals surface area (Å²) in [6.45, 7) is 0. The second-order valence-corrected chi connectivity index (χ2v) is 11.6. The second-order valence-electron chi connectivity index (χ2n) is 9.89. The standard InChI is InChI=1S/C28H31NO4S2/c30-26-25(35-28(34)29(26)22-8-4-7-21(17-22)27(31)32)16-14-23-13-15-24(33-23)20-11-9-19(10-12-20)18-5-2-1-3-6-18/h9-13,15-16,18,21-22H,1-8,14,17H2,(H,31,32)/b25-16+. The van der Waals surface area contributed by atoms with Gasteiger partial charge in [-0.3, -0.25) is 14.5 Å². The van der Waals surface area contributed by atoms with Crippen molar-refractivity contribution < 1.29 is 19.1 Å². The number of nitrogens with zero attached hydrogens (tertiary/aromatic N) is 1. The van der Waals surface area contributed by atoms with E-state index in [1.807, 2.05) is 18.2 Å². The first-order chi connectivity index (χ1) is 17.0. The molecule has 0 bridgehead atoms. The van der Waals surface area contributed by atoms with Crippen LogP contribution in [0, 0.1) is 5.92 Å². The normalized spacial score (nSPS) is 24.9. The number of amides is 1. The Kier molecular flexibility index (Phi) is 7.44. The predicted octanol–water partition coefficient (Wildman–Crippen LogP) is 6.92. The molecular formula is C28H31NO4S2. The molecule has 3 aliphatic rings. The maximum atomic E-state index is 13.1. The molecule has 184 valence electrons. The van der Waals surface area contributed by atoms with Crippen LogP contribution in [0.15, 0.2) is 51.8 Å². The molecule has 2 aromatic rings. The van der Waals surface area contributed by atoms with Gasteiger partial charge in [0.2, 0.25) is 0 Å². The van der Waals surface area contributed by atoms with Crippen LogP contribution in [0.25, 0.3) is 11.3 Å². The van der Waals surface area contributed by atoms with Gasteiger partial charge in [0.1, 0.15) is 15.8 Å². The molecule has 2 atom stereocenters. The maximum absolute atomic E-state index is 13.1. The number of furan rings is 1. The third-order valence-corrected chi connectivity index (χ3v) is 8.99. The number of carboxylic acid groups (broad SMARTS) is 1. The molecule has 2 unspecified atom stereocenters. The number of benzene rings is 1. The number of hydrogen-bond donors (Lipinski definition) is 1. The van der Waals surface area contributed by atoms with E-state index in [1.54, 1.807) is 4.90 Å². The van der Waals surface area contributed by atoms with Crippen molar-refractivity contribution in [3.05, 3.63) is 58.7 Å². The van der Waals surface area contributed by atoms with Crippen LogP contribution in [0.5, 0.6) is 0 Å². The number of hydrogen-bond acceptors (Lipinski definition) is 5. The SMILES string of the molecule is O=C(O)C1CCCC(N2C(=O)/C(=C\Cc3ccc(-c4ccc(C5CCCCC5)cc4)o3)SC2=S)C1. The van der Waals surface area contributed by atoms with E-state index in [-0.39, 0.29) is 11.9 Å². The van der Waals surface area contributed by atoms with Gasteiger partial charge in [-0.15, -0.1) is 0 Å². The van der Waals surface area contributed by atoms with Crippen LogP contribution in [0.4, 0.5) is 0 Å². The summed E-state index contributed by atoms with van der Waals surface area (Å²) >= 11 is 6.79. The monoisotopic (exact) mass is 509 g/mol. The molecule has 1 saturated heterocycles. The lowest BCUT2D eigenvalue weighted by Gasteiger charge is -2.32. The van der Waals surface area contributed by atoms with Crippen molar-refractivity contribution in [2.24, 2.45) is 5.92 Å². The molecule has 1 aromatic heterocycles. The molecule has 35 heavy (non-hydrogen) atoms. The summed E-state index contributed by atoms with van der Waals surface area (Å²) in [6, 6.07) is 12.6. The zero-order chi connectivity index (χ0) is 24.4. The zero-order valence-electron chi connectivity index (χ0n) is 19.8. The van der Waals surface area contributed by atoms with Crippen LogP contribution < -0.4 is 0 Å². The van der Waals surface area contributed by atoms with Gasteiger partial charge in [0, 0.05) is 18.0 Å². The fraction of sp³-hybridized carbons (Fsp3) is 0.464. The van der Waals surface area contributed by atoms with Crippen molar-refractivity contribution in [2.75, 3.05) is 0 Å². The fourth-order valence-electron chi connectivity index (χ4n) is 5.65. The second kappa shape index (κ2) is 10.7. The molecule has 2 heterocycles. The quantitative estimate of drug-likeness (QED) is 0.336. The first kappa shape index (κ1) is 24.3. The van der Waals surface area contributed by atoms with Gasteiger partial charge in [-0.1, -0.05) is 80.0 Å². The molecule has 5 nitrogen and oxygen atoms in total. The van der Waals surface area contributed by atoms with E-state index in [2.05, 4.69) is 24.3 Å². The van der Waals surface area contributed by atoms with Crippen LogP contribution >= 0.6 is 24.0 Å². The number of allylic oxidation sites excluding steroid dienone is 1. The Labute approximate surface area is 216 Å². The summed E-state index contributed by atoms with van der Waals surface area (Å²) in [5.74, 6) is 1.02. The Morgan fingerprint density at radius 2 is 1.83 bits per heavy atom. The highest BCUT2D eigenvalue weighted by Gasteiger charge is 2.40. The molecule has 2 aliphatic carbocycles. The number of carbonyl (C=O) groups is 2. The van der Waals surface area contributed by atoms with Crippen LogP contribution in [-0.4, -0.2) is 32.2 Å². The molecular weight excluding hydrogens is 478 g/mol. The third-order valence-electron chi connectivity index (χ3n) is 7.61. The summed E-state index contributed by atoms with van der Waals surface area (Å²) in [7, 11) is 0. The van der Waals surface area contributed by atoms with Gasteiger partial charge in [0.25, 0.3) is 5.91 Å². The lowest BCUT2D eigenvalue weighted by molar-refractivity contribution is -0.144. The van der Waals surface area contributed by atoms with Gasteiger partial charge >= 0.3 is 5.97 Å². The van der Waals surface area contributed by atoms with Crippen molar-refractivity contribution in [3.8, 4) is 11.3 Å². The molecule has 1 aromatic carbocycles.